The Kier molecular flexibility index (Phi) is 13.6. The molecule has 0 bridgehead atoms. The van der Waals surface area contributed by atoms with Gasteiger partial charge in [0.2, 0.25) is 0 Å². The predicted octanol–water partition coefficient (Wildman–Crippen LogP) is 10.6. The third-order valence-corrected chi connectivity index (χ3v) is 11.5. The molecule has 14 heteroatoms. The van der Waals surface area contributed by atoms with Gasteiger partial charge in [0.1, 0.15) is 11.1 Å². The van der Waals surface area contributed by atoms with Gasteiger partial charge in [-0.2, -0.15) is 0 Å². The van der Waals surface area contributed by atoms with E-state index in [1.54, 1.807) is 0 Å². The van der Waals surface area contributed by atoms with Crippen LogP contribution in [0.2, 0.25) is 30.1 Å². The van der Waals surface area contributed by atoms with Crippen LogP contribution in [0, 0.1) is 35.5 Å². The van der Waals surface area contributed by atoms with Crippen LogP contribution >= 0.6 is 69.6 Å². The van der Waals surface area contributed by atoms with Crippen LogP contribution in [0.4, 0.5) is 0 Å². The summed E-state index contributed by atoms with van der Waals surface area (Å²) in [6, 6.07) is 2.27. The molecule has 0 spiro atoms. The average Bonchev–Trinajstić information content (AvgIpc) is 3.98. The van der Waals surface area contributed by atoms with E-state index in [4.69, 9.17) is 88.6 Å². The highest BCUT2D eigenvalue weighted by Gasteiger charge is 2.41. The molecule has 2 fully saturated rings. The maximum absolute atomic E-state index is 13.1. The summed E-state index contributed by atoms with van der Waals surface area (Å²) < 4.78 is 21.2. The third-order valence-electron chi connectivity index (χ3n) is 9.37. The van der Waals surface area contributed by atoms with Crippen LogP contribution in [-0.4, -0.2) is 37.1 Å². The molecule has 0 heterocycles. The maximum atomic E-state index is 13.1. The summed E-state index contributed by atoms with van der Waals surface area (Å²) in [5.74, 6) is -3.14. The highest BCUT2D eigenvalue weighted by atomic mass is 35.5. The monoisotopic (exact) mass is 782 g/mol. The van der Waals surface area contributed by atoms with Crippen molar-refractivity contribution in [3.63, 3.8) is 0 Å². The molecular weight excluding hydrogens is 749 g/mol. The van der Waals surface area contributed by atoms with E-state index in [1.165, 1.54) is 0 Å². The van der Waals surface area contributed by atoms with E-state index in [1.807, 2.05) is 0 Å². The molecule has 2 aliphatic rings. The molecule has 0 N–H and O–H groups in total. The Hall–Kier alpha value is -1.94. The van der Waals surface area contributed by atoms with Gasteiger partial charge in [-0.3, -0.25) is 0 Å². The molecule has 0 saturated heterocycles. The Balaban J connectivity index is 1.45. The van der Waals surface area contributed by atoms with Crippen molar-refractivity contribution in [1.29, 1.82) is 0 Å². The second kappa shape index (κ2) is 16.8. The van der Waals surface area contributed by atoms with Gasteiger partial charge in [-0.25, -0.2) is 19.2 Å². The second-order valence-corrected chi connectivity index (χ2v) is 14.8. The molecule has 0 amide bonds. The Labute approximate surface area is 309 Å². The van der Waals surface area contributed by atoms with Crippen molar-refractivity contribution >= 4 is 93.5 Å². The standard InChI is InChI=1S/C34H36Cl6O8/c1-5-15(3)19-11-17(19)7-9-45-31(41)25-27(39)21(35)13-23(37)29(25)47-33(43)34(44)48-30-24(38)14-22(36)28(40)26(30)32(42)46-10-8-18-12-20(18)16(4)6-2/h13-20H,5-12H2,1-4H3. The van der Waals surface area contributed by atoms with Gasteiger partial charge >= 0.3 is 23.9 Å². The van der Waals surface area contributed by atoms with Crippen molar-refractivity contribution in [2.75, 3.05) is 13.2 Å². The first kappa shape index (κ1) is 38.9. The Morgan fingerprint density at radius 1 is 0.646 bits per heavy atom. The van der Waals surface area contributed by atoms with Gasteiger partial charge in [0, 0.05) is 0 Å². The molecule has 0 aromatic heterocycles. The van der Waals surface area contributed by atoms with Crippen molar-refractivity contribution in [2.45, 2.75) is 66.2 Å². The minimum atomic E-state index is -1.63. The van der Waals surface area contributed by atoms with Crippen molar-refractivity contribution in [3.8, 4) is 11.5 Å². The van der Waals surface area contributed by atoms with Crippen molar-refractivity contribution in [1.82, 2.24) is 0 Å². The van der Waals surface area contributed by atoms with Gasteiger partial charge in [0.25, 0.3) is 0 Å². The van der Waals surface area contributed by atoms with Crippen molar-refractivity contribution < 1.29 is 38.1 Å². The summed E-state index contributed by atoms with van der Waals surface area (Å²) >= 11 is 37.4. The SMILES string of the molecule is CCC(C)C1CC1CCOC(=O)c1c(Cl)c(Cl)cc(Cl)c1OC(=O)C(=O)Oc1c(Cl)cc(Cl)c(Cl)c1C(=O)OCCC1CC1C(C)CC. The maximum Gasteiger partial charge on any atom is 0.423 e. The Bertz CT molecular complexity index is 1460. The topological polar surface area (TPSA) is 105 Å². The van der Waals surface area contributed by atoms with Crippen LogP contribution in [0.25, 0.3) is 0 Å². The van der Waals surface area contributed by atoms with Crippen LogP contribution in [0.1, 0.15) is 86.9 Å². The van der Waals surface area contributed by atoms with Crippen molar-refractivity contribution in [2.24, 2.45) is 35.5 Å². The molecule has 6 atom stereocenters. The number of benzene rings is 2. The van der Waals surface area contributed by atoms with E-state index in [9.17, 15) is 19.2 Å². The zero-order valence-electron chi connectivity index (χ0n) is 26.8. The number of carbonyl (C=O) groups excluding carboxylic acids is 4. The lowest BCUT2D eigenvalue weighted by Gasteiger charge is -2.16. The molecule has 48 heavy (non-hydrogen) atoms. The molecule has 0 aliphatic heterocycles. The molecular formula is C34H36Cl6O8. The normalized spacial score (nSPS) is 20.8. The number of esters is 4. The number of ether oxygens (including phenoxy) is 4. The van der Waals surface area contributed by atoms with E-state index in [0.29, 0.717) is 48.3 Å². The van der Waals surface area contributed by atoms with Gasteiger partial charge in [-0.05, 0) is 73.3 Å². The molecule has 0 radical (unpaired) electrons. The lowest BCUT2D eigenvalue weighted by Crippen LogP contribution is -2.27. The molecule has 2 saturated carbocycles. The van der Waals surface area contributed by atoms with Crippen LogP contribution in [-0.2, 0) is 19.1 Å². The highest BCUT2D eigenvalue weighted by molar-refractivity contribution is 6.47. The molecule has 2 aromatic carbocycles. The number of carbonyl (C=O) groups is 4. The summed E-state index contributed by atoms with van der Waals surface area (Å²) in [6.07, 6.45) is 5.53. The molecule has 2 aliphatic carbocycles. The highest BCUT2D eigenvalue weighted by Crippen LogP contribution is 2.49. The van der Waals surface area contributed by atoms with Gasteiger partial charge in [-0.1, -0.05) is 110 Å². The average molecular weight is 785 g/mol. The van der Waals surface area contributed by atoms with E-state index < -0.39 is 46.5 Å². The molecule has 6 unspecified atom stereocenters. The first-order valence-corrected chi connectivity index (χ1v) is 18.1. The van der Waals surface area contributed by atoms with E-state index in [0.717, 1.165) is 37.8 Å². The van der Waals surface area contributed by atoms with Gasteiger partial charge in [0.15, 0.2) is 11.5 Å². The molecule has 2 aromatic rings. The smallest absolute Gasteiger partial charge is 0.423 e. The van der Waals surface area contributed by atoms with Gasteiger partial charge < -0.3 is 18.9 Å². The third kappa shape index (κ3) is 9.23. The lowest BCUT2D eigenvalue weighted by molar-refractivity contribution is -0.156. The summed E-state index contributed by atoms with van der Waals surface area (Å²) in [6.45, 7) is 8.82. The van der Waals surface area contributed by atoms with Gasteiger partial charge in [0.05, 0.1) is 43.3 Å². The number of halogens is 6. The van der Waals surface area contributed by atoms with Crippen LogP contribution in [0.3, 0.4) is 0 Å². The number of hydrogen-bond donors (Lipinski definition) is 0. The fraction of sp³-hybridized carbons (Fsp3) is 0.529. The Morgan fingerprint density at radius 2 is 1.00 bits per heavy atom. The fourth-order valence-electron chi connectivity index (χ4n) is 5.95. The van der Waals surface area contributed by atoms with Crippen LogP contribution < -0.4 is 9.47 Å². The molecule has 8 nitrogen and oxygen atoms in total. The van der Waals surface area contributed by atoms with Crippen LogP contribution in [0.15, 0.2) is 12.1 Å². The minimum absolute atomic E-state index is 0.0835. The summed E-state index contributed by atoms with van der Waals surface area (Å²) in [5.41, 5.74) is -0.902. The fourth-order valence-corrected chi connectivity index (χ4v) is 7.38. The van der Waals surface area contributed by atoms with Gasteiger partial charge in [-0.15, -0.1) is 0 Å². The summed E-state index contributed by atoms with van der Waals surface area (Å²) in [7, 11) is 0. The Morgan fingerprint density at radius 3 is 1.33 bits per heavy atom. The first-order valence-electron chi connectivity index (χ1n) is 15.8. The predicted molar refractivity (Wildman–Crippen MR) is 186 cm³/mol. The number of hydrogen-bond acceptors (Lipinski definition) is 8. The van der Waals surface area contributed by atoms with E-state index >= 15 is 0 Å². The second-order valence-electron chi connectivity index (χ2n) is 12.4. The zero-order valence-corrected chi connectivity index (χ0v) is 31.3. The lowest BCUT2D eigenvalue weighted by atomic mass is 10.0. The largest absolute Gasteiger partial charge is 0.462 e. The van der Waals surface area contributed by atoms with E-state index in [2.05, 4.69) is 27.7 Å². The molecule has 4 rings (SSSR count). The first-order chi connectivity index (χ1) is 22.7. The number of rotatable bonds is 14. The quantitative estimate of drug-likeness (QED) is 0.0807. The summed E-state index contributed by atoms with van der Waals surface area (Å²) in [4.78, 5) is 52.2. The van der Waals surface area contributed by atoms with Crippen molar-refractivity contribution in [3.05, 3.63) is 53.4 Å². The van der Waals surface area contributed by atoms with E-state index in [-0.39, 0.29) is 43.3 Å². The summed E-state index contributed by atoms with van der Waals surface area (Å²) in [5, 5.41) is -1.44. The van der Waals surface area contributed by atoms with Crippen LogP contribution in [0.5, 0.6) is 11.5 Å². The minimum Gasteiger partial charge on any atom is -0.462 e. The zero-order chi connectivity index (χ0) is 35.4. The molecule has 262 valence electrons.